The Balaban J connectivity index is 0.00000300. The number of hydrogen-bond donors (Lipinski definition) is 2. The highest BCUT2D eigenvalue weighted by molar-refractivity contribution is 6.33. The Bertz CT molecular complexity index is 901. The Morgan fingerprint density at radius 2 is 1.79 bits per heavy atom. The number of nitro benzene ring substituents is 1. The van der Waals surface area contributed by atoms with Gasteiger partial charge in [0, 0.05) is 50.8 Å². The van der Waals surface area contributed by atoms with Crippen molar-refractivity contribution in [3.8, 4) is 11.5 Å². The van der Waals surface area contributed by atoms with Gasteiger partial charge in [-0.15, -0.1) is 12.4 Å². The lowest BCUT2D eigenvalue weighted by atomic mass is 10.1. The van der Waals surface area contributed by atoms with Gasteiger partial charge in [-0.3, -0.25) is 19.8 Å². The summed E-state index contributed by atoms with van der Waals surface area (Å²) in [6.45, 7) is 3.59. The van der Waals surface area contributed by atoms with Crippen molar-refractivity contribution in [2.24, 2.45) is 0 Å². The Kier molecular flexibility index (Phi) is 7.66. The number of benzene rings is 2. The van der Waals surface area contributed by atoms with Crippen molar-refractivity contribution >= 4 is 41.2 Å². The first-order valence-corrected chi connectivity index (χ1v) is 9.20. The minimum atomic E-state index is -0.836. The van der Waals surface area contributed by atoms with E-state index in [9.17, 15) is 25.1 Å². The van der Waals surface area contributed by atoms with Gasteiger partial charge in [-0.05, 0) is 18.2 Å². The number of nitrogens with zero attached hydrogens (tertiary/aromatic N) is 3. The van der Waals surface area contributed by atoms with E-state index in [2.05, 4.69) is 9.80 Å². The molecule has 2 aromatic rings. The normalized spacial score (nSPS) is 14.3. The molecule has 0 aromatic heterocycles. The number of carbonyl (C=O) groups excluding carboxylic acids is 1. The van der Waals surface area contributed by atoms with Gasteiger partial charge in [0.05, 0.1) is 15.6 Å². The molecule has 1 heterocycles. The number of piperazine rings is 1. The predicted molar refractivity (Wildman–Crippen MR) is 113 cm³/mol. The third-order valence-electron chi connectivity index (χ3n) is 4.81. The molecule has 29 heavy (non-hydrogen) atoms. The molecule has 0 spiro atoms. The third-order valence-corrected chi connectivity index (χ3v) is 5.13. The molecule has 1 saturated heterocycles. The molecule has 2 aromatic carbocycles. The molecule has 2 N–H and O–H groups in total. The summed E-state index contributed by atoms with van der Waals surface area (Å²) < 4.78 is 0. The number of Topliss-reactive ketones (excluding diaryl/α,β-unsaturated/α-hetero) is 1. The molecule has 0 saturated carbocycles. The second-order valence-electron chi connectivity index (χ2n) is 6.57. The van der Waals surface area contributed by atoms with Crippen LogP contribution in [-0.2, 0) is 0 Å². The van der Waals surface area contributed by atoms with Gasteiger partial charge in [-0.1, -0.05) is 23.7 Å². The van der Waals surface area contributed by atoms with Gasteiger partial charge in [0.15, 0.2) is 11.5 Å². The van der Waals surface area contributed by atoms with Crippen LogP contribution < -0.4 is 4.90 Å². The summed E-state index contributed by atoms with van der Waals surface area (Å²) in [5.74, 6) is -1.84. The van der Waals surface area contributed by atoms with Crippen molar-refractivity contribution in [2.75, 3.05) is 37.6 Å². The Morgan fingerprint density at radius 1 is 1.14 bits per heavy atom. The van der Waals surface area contributed by atoms with E-state index in [1.165, 1.54) is 0 Å². The van der Waals surface area contributed by atoms with Crippen molar-refractivity contribution < 1.29 is 19.9 Å². The fraction of sp³-hybridized carbons (Fsp3) is 0.316. The highest BCUT2D eigenvalue weighted by Crippen LogP contribution is 2.36. The monoisotopic (exact) mass is 441 g/mol. The van der Waals surface area contributed by atoms with Crippen LogP contribution in [0.15, 0.2) is 36.4 Å². The maximum absolute atomic E-state index is 12.4. The zero-order valence-electron chi connectivity index (χ0n) is 15.5. The average molecular weight is 442 g/mol. The van der Waals surface area contributed by atoms with Gasteiger partial charge in [0.2, 0.25) is 5.75 Å². The highest BCUT2D eigenvalue weighted by Gasteiger charge is 2.23. The standard InChI is InChI=1S/C19H20ClN3O5.ClH/c20-14-3-1-2-4-15(14)22-9-7-21(8-10-22)6-5-17(24)13-11-16(23(27)28)19(26)18(25)12-13;/h1-4,11-12,25-26H,5-10H2;1H. The summed E-state index contributed by atoms with van der Waals surface area (Å²) in [5.41, 5.74) is 0.320. The number of aromatic hydroxyl groups is 2. The number of hydrogen-bond acceptors (Lipinski definition) is 7. The van der Waals surface area contributed by atoms with Gasteiger partial charge in [0.1, 0.15) is 0 Å². The van der Waals surface area contributed by atoms with Crippen LogP contribution >= 0.6 is 24.0 Å². The molecule has 3 rings (SSSR count). The first-order chi connectivity index (χ1) is 13.4. The van der Waals surface area contributed by atoms with Crippen molar-refractivity contribution in [2.45, 2.75) is 6.42 Å². The lowest BCUT2D eigenvalue weighted by Crippen LogP contribution is -2.47. The second-order valence-corrected chi connectivity index (χ2v) is 6.98. The maximum atomic E-state index is 12.4. The number of anilines is 1. The van der Waals surface area contributed by atoms with Crippen LogP contribution in [0.5, 0.6) is 11.5 Å². The molecule has 1 aliphatic rings. The summed E-state index contributed by atoms with van der Waals surface area (Å²) in [6.07, 6.45) is 0.160. The van der Waals surface area contributed by atoms with Crippen molar-refractivity contribution in [3.63, 3.8) is 0 Å². The van der Waals surface area contributed by atoms with E-state index in [-0.39, 0.29) is 30.2 Å². The van der Waals surface area contributed by atoms with Crippen molar-refractivity contribution in [3.05, 3.63) is 57.1 Å². The molecule has 0 unspecified atom stereocenters. The molecule has 0 aliphatic carbocycles. The molecular weight excluding hydrogens is 421 g/mol. The molecular formula is C19H21Cl2N3O5. The zero-order valence-corrected chi connectivity index (χ0v) is 17.0. The van der Waals surface area contributed by atoms with Gasteiger partial charge in [-0.2, -0.15) is 0 Å². The first-order valence-electron chi connectivity index (χ1n) is 8.82. The van der Waals surface area contributed by atoms with E-state index >= 15 is 0 Å². The van der Waals surface area contributed by atoms with Crippen LogP contribution in [-0.4, -0.2) is 58.5 Å². The van der Waals surface area contributed by atoms with E-state index in [4.69, 9.17) is 11.6 Å². The van der Waals surface area contributed by atoms with Crippen LogP contribution in [0.3, 0.4) is 0 Å². The predicted octanol–water partition coefficient (Wildman–Crippen LogP) is 3.48. The zero-order chi connectivity index (χ0) is 20.3. The van der Waals surface area contributed by atoms with E-state index in [1.54, 1.807) is 0 Å². The van der Waals surface area contributed by atoms with Gasteiger partial charge in [-0.25, -0.2) is 0 Å². The Morgan fingerprint density at radius 3 is 2.41 bits per heavy atom. The van der Waals surface area contributed by atoms with Crippen LogP contribution in [0.4, 0.5) is 11.4 Å². The van der Waals surface area contributed by atoms with Crippen LogP contribution in [0.25, 0.3) is 0 Å². The summed E-state index contributed by atoms with van der Waals surface area (Å²) in [4.78, 5) is 26.8. The minimum Gasteiger partial charge on any atom is -0.504 e. The average Bonchev–Trinajstić information content (AvgIpc) is 2.68. The molecule has 1 fully saturated rings. The first kappa shape index (κ1) is 22.7. The SMILES string of the molecule is Cl.O=C(CCN1CCN(c2ccccc2Cl)CC1)c1cc(O)c(O)c([N+](=O)[O-])c1. The molecule has 1 aliphatic heterocycles. The van der Waals surface area contributed by atoms with Crippen LogP contribution in [0, 0.1) is 10.1 Å². The number of phenolic OH excluding ortho intramolecular Hbond substituents is 2. The second kappa shape index (κ2) is 9.78. The molecule has 156 valence electrons. The van der Waals surface area contributed by atoms with Crippen LogP contribution in [0.2, 0.25) is 5.02 Å². The fourth-order valence-corrected chi connectivity index (χ4v) is 3.48. The van der Waals surface area contributed by atoms with E-state index < -0.39 is 22.1 Å². The van der Waals surface area contributed by atoms with Crippen LogP contribution in [0.1, 0.15) is 16.8 Å². The minimum absolute atomic E-state index is 0. The smallest absolute Gasteiger partial charge is 0.315 e. The lowest BCUT2D eigenvalue weighted by Gasteiger charge is -2.36. The molecule has 0 bridgehead atoms. The topological polar surface area (TPSA) is 107 Å². The number of rotatable bonds is 6. The molecule has 0 amide bonds. The summed E-state index contributed by atoms with van der Waals surface area (Å²) >= 11 is 6.24. The quantitative estimate of drug-likeness (QED) is 0.305. The van der Waals surface area contributed by atoms with Gasteiger partial charge in [0.25, 0.3) is 0 Å². The maximum Gasteiger partial charge on any atom is 0.315 e. The third kappa shape index (κ3) is 5.29. The van der Waals surface area contributed by atoms with E-state index in [0.717, 1.165) is 44.0 Å². The Labute approximate surface area is 178 Å². The molecule has 0 atom stereocenters. The molecule has 10 heteroatoms. The molecule has 8 nitrogen and oxygen atoms in total. The fourth-order valence-electron chi connectivity index (χ4n) is 3.23. The van der Waals surface area contributed by atoms with E-state index in [1.807, 2.05) is 24.3 Å². The number of nitro groups is 1. The number of halogens is 2. The molecule has 0 radical (unpaired) electrons. The largest absolute Gasteiger partial charge is 0.504 e. The van der Waals surface area contributed by atoms with Crippen molar-refractivity contribution in [1.29, 1.82) is 0 Å². The summed E-state index contributed by atoms with van der Waals surface area (Å²) in [6, 6.07) is 9.71. The van der Waals surface area contributed by atoms with E-state index in [0.29, 0.717) is 11.6 Å². The van der Waals surface area contributed by atoms with Gasteiger partial charge >= 0.3 is 5.69 Å². The number of para-hydroxylation sites is 1. The summed E-state index contributed by atoms with van der Waals surface area (Å²) in [7, 11) is 0. The lowest BCUT2D eigenvalue weighted by molar-refractivity contribution is -0.386. The number of ketones is 1. The number of phenols is 2. The van der Waals surface area contributed by atoms with Gasteiger partial charge < -0.3 is 15.1 Å². The van der Waals surface area contributed by atoms with Crippen molar-refractivity contribution in [1.82, 2.24) is 4.90 Å². The highest BCUT2D eigenvalue weighted by atomic mass is 35.5. The Hall–Kier alpha value is -2.55. The number of carbonyl (C=O) groups is 1. The summed E-state index contributed by atoms with van der Waals surface area (Å²) in [5, 5.41) is 30.8.